The quantitative estimate of drug-likeness (QED) is 0.365. The number of carbonyl (C=O) groups is 3. The van der Waals surface area contributed by atoms with E-state index >= 15 is 0 Å². The van der Waals surface area contributed by atoms with Gasteiger partial charge in [0.1, 0.15) is 11.2 Å². The van der Waals surface area contributed by atoms with E-state index in [2.05, 4.69) is 0 Å². The molecule has 1 aromatic rings. The number of rotatable bonds is 8. The van der Waals surface area contributed by atoms with Crippen LogP contribution in [-0.2, 0) is 35.0 Å². The van der Waals surface area contributed by atoms with Crippen LogP contribution in [0.3, 0.4) is 0 Å². The monoisotopic (exact) mass is 406 g/mol. The van der Waals surface area contributed by atoms with Crippen molar-refractivity contribution in [2.75, 3.05) is 6.61 Å². The van der Waals surface area contributed by atoms with E-state index in [4.69, 9.17) is 14.2 Å². The molecule has 6 heteroatoms. The van der Waals surface area contributed by atoms with Crippen molar-refractivity contribution in [1.82, 2.24) is 0 Å². The zero-order chi connectivity index (χ0) is 22.3. The SMILES string of the molecule is CCOC(=O)C(CCc1ccccc1)(CC(=O)OC(C)(C)C)C(=O)OC(C)(C)C. The molecule has 0 saturated heterocycles. The van der Waals surface area contributed by atoms with E-state index in [1.807, 2.05) is 30.3 Å². The molecule has 1 rings (SSSR count). The highest BCUT2D eigenvalue weighted by atomic mass is 16.6. The van der Waals surface area contributed by atoms with E-state index < -0.39 is 40.9 Å². The predicted octanol–water partition coefficient (Wildman–Crippen LogP) is 4.24. The summed E-state index contributed by atoms with van der Waals surface area (Å²) >= 11 is 0. The van der Waals surface area contributed by atoms with E-state index in [0.717, 1.165) is 5.56 Å². The Morgan fingerprint density at radius 1 is 0.828 bits per heavy atom. The van der Waals surface area contributed by atoms with Crippen molar-refractivity contribution in [3.05, 3.63) is 35.9 Å². The Balaban J connectivity index is 3.30. The van der Waals surface area contributed by atoms with Gasteiger partial charge in [-0.3, -0.25) is 14.4 Å². The van der Waals surface area contributed by atoms with E-state index in [9.17, 15) is 14.4 Å². The maximum absolute atomic E-state index is 13.2. The Morgan fingerprint density at radius 3 is 1.86 bits per heavy atom. The molecule has 0 aromatic heterocycles. The fourth-order valence-corrected chi connectivity index (χ4v) is 2.79. The zero-order valence-corrected chi connectivity index (χ0v) is 18.7. The van der Waals surface area contributed by atoms with Crippen molar-refractivity contribution in [3.8, 4) is 0 Å². The summed E-state index contributed by atoms with van der Waals surface area (Å²) in [4.78, 5) is 38.8. The molecule has 6 nitrogen and oxygen atoms in total. The first-order valence-electron chi connectivity index (χ1n) is 9.95. The van der Waals surface area contributed by atoms with Crippen molar-refractivity contribution in [1.29, 1.82) is 0 Å². The van der Waals surface area contributed by atoms with Crippen LogP contribution in [0.1, 0.15) is 66.9 Å². The van der Waals surface area contributed by atoms with Crippen molar-refractivity contribution in [2.45, 2.75) is 78.9 Å². The van der Waals surface area contributed by atoms with Crippen LogP contribution in [0.2, 0.25) is 0 Å². The zero-order valence-electron chi connectivity index (χ0n) is 18.7. The van der Waals surface area contributed by atoms with Crippen molar-refractivity contribution in [3.63, 3.8) is 0 Å². The number of benzene rings is 1. The summed E-state index contributed by atoms with van der Waals surface area (Å²) in [6.07, 6.45) is 0.0382. The molecule has 0 aliphatic rings. The van der Waals surface area contributed by atoms with Gasteiger partial charge in [-0.2, -0.15) is 0 Å². The van der Waals surface area contributed by atoms with Gasteiger partial charge in [-0.15, -0.1) is 0 Å². The van der Waals surface area contributed by atoms with Gasteiger partial charge in [-0.05, 0) is 66.9 Å². The van der Waals surface area contributed by atoms with Crippen LogP contribution in [0.25, 0.3) is 0 Å². The third kappa shape index (κ3) is 8.26. The Kier molecular flexibility index (Phi) is 8.42. The third-order valence-corrected chi connectivity index (χ3v) is 4.01. The lowest BCUT2D eigenvalue weighted by Crippen LogP contribution is -2.47. The summed E-state index contributed by atoms with van der Waals surface area (Å²) in [5.41, 5.74) is -2.41. The molecule has 29 heavy (non-hydrogen) atoms. The van der Waals surface area contributed by atoms with Crippen LogP contribution in [0.4, 0.5) is 0 Å². The molecule has 0 aliphatic carbocycles. The fraction of sp³-hybridized carbons (Fsp3) is 0.609. The molecule has 0 heterocycles. The van der Waals surface area contributed by atoms with Crippen LogP contribution in [-0.4, -0.2) is 35.7 Å². The standard InChI is InChI=1S/C23H34O6/c1-8-27-19(25)23(20(26)29-22(5,6)7,16-18(24)28-21(2,3)4)15-14-17-12-10-9-11-13-17/h9-13H,8,14-16H2,1-7H3. The molecule has 0 N–H and O–H groups in total. The van der Waals surface area contributed by atoms with Crippen LogP contribution in [0.15, 0.2) is 30.3 Å². The van der Waals surface area contributed by atoms with Gasteiger partial charge in [0.05, 0.1) is 13.0 Å². The molecule has 0 fully saturated rings. The van der Waals surface area contributed by atoms with Gasteiger partial charge >= 0.3 is 17.9 Å². The van der Waals surface area contributed by atoms with Crippen LogP contribution in [0, 0.1) is 5.41 Å². The number of ether oxygens (including phenoxy) is 3. The summed E-state index contributed by atoms with van der Waals surface area (Å²) in [7, 11) is 0. The number of esters is 3. The van der Waals surface area contributed by atoms with Crippen LogP contribution < -0.4 is 0 Å². The number of aryl methyl sites for hydroxylation is 1. The summed E-state index contributed by atoms with van der Waals surface area (Å²) in [5, 5.41) is 0. The lowest BCUT2D eigenvalue weighted by atomic mass is 9.78. The third-order valence-electron chi connectivity index (χ3n) is 4.01. The first-order chi connectivity index (χ1) is 13.3. The van der Waals surface area contributed by atoms with Gasteiger partial charge in [0.25, 0.3) is 0 Å². The summed E-state index contributed by atoms with van der Waals surface area (Å²) in [6, 6.07) is 9.44. The molecular formula is C23H34O6. The van der Waals surface area contributed by atoms with Crippen LogP contribution >= 0.6 is 0 Å². The molecule has 0 aliphatic heterocycles. The molecule has 0 spiro atoms. The molecule has 0 saturated carbocycles. The highest BCUT2D eigenvalue weighted by Gasteiger charge is 2.52. The molecule has 0 radical (unpaired) electrons. The van der Waals surface area contributed by atoms with Gasteiger partial charge in [0.15, 0.2) is 5.41 Å². The lowest BCUT2D eigenvalue weighted by Gasteiger charge is -2.33. The Morgan fingerprint density at radius 2 is 1.38 bits per heavy atom. The van der Waals surface area contributed by atoms with Crippen molar-refractivity contribution in [2.24, 2.45) is 5.41 Å². The van der Waals surface area contributed by atoms with Gasteiger partial charge < -0.3 is 14.2 Å². The molecule has 0 bridgehead atoms. The van der Waals surface area contributed by atoms with Crippen molar-refractivity contribution < 1.29 is 28.6 Å². The number of hydrogen-bond acceptors (Lipinski definition) is 6. The molecule has 1 aromatic carbocycles. The van der Waals surface area contributed by atoms with Gasteiger partial charge in [-0.1, -0.05) is 30.3 Å². The fourth-order valence-electron chi connectivity index (χ4n) is 2.79. The second-order valence-corrected chi connectivity index (χ2v) is 9.05. The topological polar surface area (TPSA) is 78.9 Å². The Labute approximate surface area is 173 Å². The normalized spacial score (nSPS) is 13.9. The molecule has 1 atom stereocenters. The average molecular weight is 407 g/mol. The highest BCUT2D eigenvalue weighted by molar-refractivity contribution is 6.03. The van der Waals surface area contributed by atoms with Gasteiger partial charge in [0, 0.05) is 0 Å². The number of carbonyl (C=O) groups excluding carboxylic acids is 3. The molecule has 162 valence electrons. The minimum absolute atomic E-state index is 0.0734. The van der Waals surface area contributed by atoms with Gasteiger partial charge in [-0.25, -0.2) is 0 Å². The predicted molar refractivity (Wildman–Crippen MR) is 110 cm³/mol. The average Bonchev–Trinajstić information content (AvgIpc) is 2.56. The van der Waals surface area contributed by atoms with Gasteiger partial charge in [0.2, 0.25) is 0 Å². The molecule has 0 amide bonds. The Hall–Kier alpha value is -2.37. The smallest absolute Gasteiger partial charge is 0.324 e. The maximum Gasteiger partial charge on any atom is 0.324 e. The van der Waals surface area contributed by atoms with E-state index in [1.54, 1.807) is 48.5 Å². The first-order valence-corrected chi connectivity index (χ1v) is 9.95. The number of hydrogen-bond donors (Lipinski definition) is 0. The summed E-state index contributed by atoms with van der Waals surface area (Å²) in [5.74, 6) is -2.19. The maximum atomic E-state index is 13.2. The second kappa shape index (κ2) is 9.90. The largest absolute Gasteiger partial charge is 0.465 e. The molecule has 1 unspecified atom stereocenters. The highest BCUT2D eigenvalue weighted by Crippen LogP contribution is 2.35. The minimum atomic E-state index is -1.78. The second-order valence-electron chi connectivity index (χ2n) is 9.05. The van der Waals surface area contributed by atoms with Crippen LogP contribution in [0.5, 0.6) is 0 Å². The summed E-state index contributed by atoms with van der Waals surface area (Å²) in [6.45, 7) is 12.1. The Bertz CT molecular complexity index is 696. The van der Waals surface area contributed by atoms with E-state index in [1.165, 1.54) is 0 Å². The van der Waals surface area contributed by atoms with Crippen molar-refractivity contribution >= 4 is 17.9 Å². The summed E-state index contributed by atoms with van der Waals surface area (Å²) < 4.78 is 16.2. The molecular weight excluding hydrogens is 372 g/mol. The van der Waals surface area contributed by atoms with E-state index in [-0.39, 0.29) is 13.0 Å². The minimum Gasteiger partial charge on any atom is -0.465 e. The first kappa shape index (κ1) is 24.7. The lowest BCUT2D eigenvalue weighted by molar-refractivity contribution is -0.186. The van der Waals surface area contributed by atoms with E-state index in [0.29, 0.717) is 6.42 Å².